The summed E-state index contributed by atoms with van der Waals surface area (Å²) < 4.78 is 0. The predicted molar refractivity (Wildman–Crippen MR) is 64.9 cm³/mol. The van der Waals surface area contributed by atoms with Crippen LogP contribution < -0.4 is 10.6 Å². The number of hydrogen-bond donors (Lipinski definition) is 3. The average Bonchev–Trinajstić information content (AvgIpc) is 3.07. The third-order valence-electron chi connectivity index (χ3n) is 2.92. The largest absolute Gasteiger partial charge is 0.480 e. The molecule has 1 saturated carbocycles. The first-order valence-electron chi connectivity index (χ1n) is 6.31. The fourth-order valence-electron chi connectivity index (χ4n) is 1.61. The molecule has 0 aliphatic heterocycles. The Morgan fingerprint density at radius 2 is 1.78 bits per heavy atom. The highest BCUT2D eigenvalue weighted by Gasteiger charge is 2.51. The number of amides is 2. The van der Waals surface area contributed by atoms with E-state index in [0.29, 0.717) is 32.2 Å². The fourth-order valence-corrected chi connectivity index (χ4v) is 1.61. The Morgan fingerprint density at radius 3 is 2.28 bits per heavy atom. The second-order valence-corrected chi connectivity index (χ2v) is 4.64. The van der Waals surface area contributed by atoms with Crippen molar-refractivity contribution in [1.29, 1.82) is 0 Å². The van der Waals surface area contributed by atoms with Crippen LogP contribution in [0.1, 0.15) is 45.4 Å². The molecule has 0 heterocycles. The lowest BCUT2D eigenvalue weighted by molar-refractivity contribution is -0.143. The number of carboxylic acids is 1. The van der Waals surface area contributed by atoms with E-state index in [-0.39, 0.29) is 18.2 Å². The summed E-state index contributed by atoms with van der Waals surface area (Å²) in [4.78, 5) is 33.6. The second kappa shape index (κ2) is 6.37. The van der Waals surface area contributed by atoms with Crippen molar-refractivity contribution in [1.82, 2.24) is 10.6 Å². The number of carbonyl (C=O) groups excluding carboxylic acids is 2. The highest BCUT2D eigenvalue weighted by Crippen LogP contribution is 2.35. The first kappa shape index (κ1) is 14.5. The summed E-state index contributed by atoms with van der Waals surface area (Å²) in [6.07, 6.45) is 2.79. The molecule has 0 bridgehead atoms. The van der Waals surface area contributed by atoms with Crippen molar-refractivity contribution in [3.8, 4) is 0 Å². The highest BCUT2D eigenvalue weighted by molar-refractivity contribution is 5.89. The van der Waals surface area contributed by atoms with Crippen LogP contribution in [0.2, 0.25) is 0 Å². The minimum absolute atomic E-state index is 0.0657. The van der Waals surface area contributed by atoms with E-state index in [2.05, 4.69) is 10.6 Å². The van der Waals surface area contributed by atoms with Gasteiger partial charge in [0.25, 0.3) is 0 Å². The van der Waals surface area contributed by atoms with Gasteiger partial charge in [-0.25, -0.2) is 4.79 Å². The number of rotatable bonds is 8. The number of aliphatic carboxylic acids is 1. The predicted octanol–water partition coefficient (Wildman–Crippen LogP) is 0.416. The van der Waals surface area contributed by atoms with E-state index in [0.717, 1.165) is 6.42 Å². The SMILES string of the molecule is CCCNC(=O)CCCC(=O)NC1(C(=O)O)CC1. The Labute approximate surface area is 106 Å². The van der Waals surface area contributed by atoms with Gasteiger partial charge in [-0.05, 0) is 25.7 Å². The maximum Gasteiger partial charge on any atom is 0.329 e. The number of hydrogen-bond acceptors (Lipinski definition) is 3. The summed E-state index contributed by atoms with van der Waals surface area (Å²) in [6.45, 7) is 2.61. The summed E-state index contributed by atoms with van der Waals surface area (Å²) in [5.41, 5.74) is -1.03. The van der Waals surface area contributed by atoms with Crippen molar-refractivity contribution >= 4 is 17.8 Å². The number of nitrogens with one attached hydrogen (secondary N) is 2. The van der Waals surface area contributed by atoms with Gasteiger partial charge in [0, 0.05) is 19.4 Å². The Kier molecular flexibility index (Phi) is 5.12. The molecule has 6 nitrogen and oxygen atoms in total. The third kappa shape index (κ3) is 4.35. The summed E-state index contributed by atoms with van der Waals surface area (Å²) >= 11 is 0. The van der Waals surface area contributed by atoms with Crippen molar-refractivity contribution < 1.29 is 19.5 Å². The van der Waals surface area contributed by atoms with Crippen molar-refractivity contribution in [2.45, 2.75) is 51.0 Å². The monoisotopic (exact) mass is 256 g/mol. The van der Waals surface area contributed by atoms with Crippen LogP contribution in [-0.4, -0.2) is 35.0 Å². The van der Waals surface area contributed by atoms with E-state index in [9.17, 15) is 14.4 Å². The molecule has 0 unspecified atom stereocenters. The van der Waals surface area contributed by atoms with Crippen LogP contribution >= 0.6 is 0 Å². The minimum atomic E-state index is -1.03. The first-order valence-corrected chi connectivity index (χ1v) is 6.31. The standard InChI is InChI=1S/C12H20N2O4/c1-2-8-13-9(15)4-3-5-10(16)14-12(6-7-12)11(17)18/h2-8H2,1H3,(H,13,15)(H,14,16)(H,17,18). The minimum Gasteiger partial charge on any atom is -0.480 e. The smallest absolute Gasteiger partial charge is 0.329 e. The molecule has 6 heteroatoms. The molecule has 2 amide bonds. The first-order chi connectivity index (χ1) is 8.50. The van der Waals surface area contributed by atoms with Gasteiger partial charge >= 0.3 is 5.97 Å². The molecule has 102 valence electrons. The third-order valence-corrected chi connectivity index (χ3v) is 2.92. The molecule has 0 spiro atoms. The maximum atomic E-state index is 11.5. The molecule has 0 radical (unpaired) electrons. The molecular weight excluding hydrogens is 236 g/mol. The molecule has 0 aromatic carbocycles. The zero-order valence-corrected chi connectivity index (χ0v) is 10.6. The summed E-state index contributed by atoms with van der Waals surface area (Å²) in [7, 11) is 0. The Bertz CT molecular complexity index is 337. The molecule has 1 fully saturated rings. The van der Waals surface area contributed by atoms with Gasteiger partial charge < -0.3 is 15.7 Å². The fraction of sp³-hybridized carbons (Fsp3) is 0.750. The van der Waals surface area contributed by atoms with E-state index in [1.807, 2.05) is 6.92 Å². The van der Waals surface area contributed by atoms with Crippen LogP contribution in [0.15, 0.2) is 0 Å². The van der Waals surface area contributed by atoms with Crippen LogP contribution in [0.3, 0.4) is 0 Å². The van der Waals surface area contributed by atoms with Gasteiger partial charge in [0.1, 0.15) is 5.54 Å². The van der Waals surface area contributed by atoms with Gasteiger partial charge in [-0.15, -0.1) is 0 Å². The summed E-state index contributed by atoms with van der Waals surface area (Å²) in [5.74, 6) is -1.33. The van der Waals surface area contributed by atoms with Crippen LogP contribution in [0.5, 0.6) is 0 Å². The second-order valence-electron chi connectivity index (χ2n) is 4.64. The number of carboxylic acid groups (broad SMARTS) is 1. The summed E-state index contributed by atoms with van der Waals surface area (Å²) in [5, 5.41) is 14.1. The zero-order chi connectivity index (χ0) is 13.6. The molecule has 1 aliphatic carbocycles. The van der Waals surface area contributed by atoms with Crippen LogP contribution in [0.4, 0.5) is 0 Å². The molecule has 18 heavy (non-hydrogen) atoms. The lowest BCUT2D eigenvalue weighted by atomic mass is 10.2. The topological polar surface area (TPSA) is 95.5 Å². The molecule has 0 saturated heterocycles. The van der Waals surface area contributed by atoms with Crippen LogP contribution in [-0.2, 0) is 14.4 Å². The number of carbonyl (C=O) groups is 3. The van der Waals surface area contributed by atoms with E-state index < -0.39 is 11.5 Å². The average molecular weight is 256 g/mol. The molecule has 3 N–H and O–H groups in total. The molecule has 1 rings (SSSR count). The van der Waals surface area contributed by atoms with E-state index in [4.69, 9.17) is 5.11 Å². The van der Waals surface area contributed by atoms with Crippen LogP contribution in [0.25, 0.3) is 0 Å². The van der Waals surface area contributed by atoms with Crippen molar-refractivity contribution in [2.75, 3.05) is 6.54 Å². The molecular formula is C12H20N2O4. The van der Waals surface area contributed by atoms with E-state index in [1.165, 1.54) is 0 Å². The van der Waals surface area contributed by atoms with Crippen LogP contribution in [0, 0.1) is 0 Å². The lowest BCUT2D eigenvalue weighted by Crippen LogP contribution is -2.43. The normalized spacial score (nSPS) is 15.8. The van der Waals surface area contributed by atoms with Gasteiger partial charge in [0.05, 0.1) is 0 Å². The quantitative estimate of drug-likeness (QED) is 0.586. The lowest BCUT2D eigenvalue weighted by Gasteiger charge is -2.12. The van der Waals surface area contributed by atoms with E-state index in [1.54, 1.807) is 0 Å². The van der Waals surface area contributed by atoms with Gasteiger partial charge in [-0.1, -0.05) is 6.92 Å². The Hall–Kier alpha value is -1.59. The highest BCUT2D eigenvalue weighted by atomic mass is 16.4. The molecule has 0 aromatic heterocycles. The van der Waals surface area contributed by atoms with Gasteiger partial charge in [0.15, 0.2) is 0 Å². The van der Waals surface area contributed by atoms with Crippen molar-refractivity contribution in [3.63, 3.8) is 0 Å². The molecule has 1 aliphatic rings. The van der Waals surface area contributed by atoms with Crippen molar-refractivity contribution in [2.24, 2.45) is 0 Å². The van der Waals surface area contributed by atoms with E-state index >= 15 is 0 Å². The Balaban J connectivity index is 2.14. The maximum absolute atomic E-state index is 11.5. The van der Waals surface area contributed by atoms with Gasteiger partial charge in [-0.2, -0.15) is 0 Å². The van der Waals surface area contributed by atoms with Gasteiger partial charge in [0.2, 0.25) is 11.8 Å². The molecule has 0 atom stereocenters. The summed E-state index contributed by atoms with van der Waals surface area (Å²) in [6, 6.07) is 0. The van der Waals surface area contributed by atoms with Crippen molar-refractivity contribution in [3.05, 3.63) is 0 Å². The zero-order valence-electron chi connectivity index (χ0n) is 10.6. The van der Waals surface area contributed by atoms with Gasteiger partial charge in [-0.3, -0.25) is 9.59 Å². The molecule has 0 aromatic rings. The Morgan fingerprint density at radius 1 is 1.17 bits per heavy atom.